The summed E-state index contributed by atoms with van der Waals surface area (Å²) in [5, 5.41) is 4.03. The Kier molecular flexibility index (Phi) is 5.55. The topological polar surface area (TPSA) is 21.3 Å². The lowest BCUT2D eigenvalue weighted by atomic mass is 10.2. The maximum absolute atomic E-state index is 6.19. The normalized spacial score (nSPS) is 10.0. The molecule has 0 saturated carbocycles. The molecule has 0 bridgehead atoms. The molecule has 0 aromatic heterocycles. The van der Waals surface area contributed by atoms with Crippen LogP contribution in [0.4, 0.5) is 5.69 Å². The molecule has 0 aliphatic carbocycles. The number of rotatable bonds is 5. The maximum Gasteiger partial charge on any atom is 0.148 e. The Morgan fingerprint density at radius 1 is 1.29 bits per heavy atom. The van der Waals surface area contributed by atoms with Crippen molar-refractivity contribution < 1.29 is 4.74 Å². The predicted octanol–water partition coefficient (Wildman–Crippen LogP) is 5.04. The highest BCUT2D eigenvalue weighted by Gasteiger charge is 2.06. The maximum atomic E-state index is 6.19. The molecule has 2 rings (SSSR count). The Morgan fingerprint density at radius 2 is 2.10 bits per heavy atom. The van der Waals surface area contributed by atoms with Crippen LogP contribution in [0.5, 0.6) is 5.75 Å². The molecule has 0 fully saturated rings. The number of hydrogen-bond acceptors (Lipinski definition) is 2. The van der Waals surface area contributed by atoms with Gasteiger partial charge < -0.3 is 10.1 Å². The lowest BCUT2D eigenvalue weighted by Crippen LogP contribution is -2.04. The van der Waals surface area contributed by atoms with Crippen molar-refractivity contribution in [3.05, 3.63) is 57.0 Å². The summed E-state index contributed by atoms with van der Waals surface area (Å²) in [6.45, 7) is 2.88. The van der Waals surface area contributed by atoms with Crippen LogP contribution in [-0.2, 0) is 6.54 Å². The summed E-state index contributed by atoms with van der Waals surface area (Å²) in [5.74, 6) is 3.24. The third-order valence-electron chi connectivity index (χ3n) is 2.92. The van der Waals surface area contributed by atoms with Gasteiger partial charge in [-0.15, -0.1) is 6.42 Å². The third kappa shape index (κ3) is 4.42. The van der Waals surface area contributed by atoms with Crippen molar-refractivity contribution in [2.24, 2.45) is 0 Å². The number of halogens is 2. The summed E-state index contributed by atoms with van der Waals surface area (Å²) in [4.78, 5) is 0. The molecule has 0 aliphatic heterocycles. The fourth-order valence-corrected chi connectivity index (χ4v) is 2.50. The van der Waals surface area contributed by atoms with E-state index in [2.05, 4.69) is 27.2 Å². The fourth-order valence-electron chi connectivity index (χ4n) is 1.91. The molecule has 0 atom stereocenters. The third-order valence-corrected chi connectivity index (χ3v) is 3.75. The van der Waals surface area contributed by atoms with E-state index < -0.39 is 0 Å². The number of anilines is 1. The van der Waals surface area contributed by atoms with Crippen LogP contribution in [0.2, 0.25) is 5.02 Å². The number of ether oxygens (including phenoxy) is 1. The Balaban J connectivity index is 2.17. The highest BCUT2D eigenvalue weighted by molar-refractivity contribution is 9.10. The second-order valence-corrected chi connectivity index (χ2v) is 5.90. The summed E-state index contributed by atoms with van der Waals surface area (Å²) in [5.41, 5.74) is 3.07. The van der Waals surface area contributed by atoms with E-state index in [9.17, 15) is 0 Å². The smallest absolute Gasteiger partial charge is 0.148 e. The first-order chi connectivity index (χ1) is 10.1. The zero-order valence-corrected chi connectivity index (χ0v) is 14.0. The molecule has 0 spiro atoms. The van der Waals surface area contributed by atoms with Crippen LogP contribution in [0.3, 0.4) is 0 Å². The van der Waals surface area contributed by atoms with Gasteiger partial charge in [0.05, 0.1) is 10.7 Å². The Bertz CT molecular complexity index is 679. The van der Waals surface area contributed by atoms with Gasteiger partial charge in [0.25, 0.3) is 0 Å². The van der Waals surface area contributed by atoms with Gasteiger partial charge in [0.1, 0.15) is 12.4 Å². The fraction of sp³-hybridized carbons (Fsp3) is 0.176. The van der Waals surface area contributed by atoms with Gasteiger partial charge in [-0.05, 0) is 42.8 Å². The van der Waals surface area contributed by atoms with Crippen molar-refractivity contribution in [1.82, 2.24) is 0 Å². The first-order valence-corrected chi connectivity index (χ1v) is 7.62. The lowest BCUT2D eigenvalue weighted by molar-refractivity contribution is 0.366. The Hall–Kier alpha value is -1.63. The van der Waals surface area contributed by atoms with Crippen molar-refractivity contribution in [2.75, 3.05) is 11.9 Å². The molecule has 0 heterocycles. The minimum Gasteiger partial charge on any atom is -0.481 e. The van der Waals surface area contributed by atoms with Crippen LogP contribution in [0.15, 0.2) is 40.9 Å². The first kappa shape index (κ1) is 15.8. The Labute approximate surface area is 138 Å². The SMILES string of the molecule is C#CCOc1ccc(Br)cc1CNc1cc(C)ccc1Cl. The van der Waals surface area contributed by atoms with E-state index in [1.807, 2.05) is 43.3 Å². The number of hydrogen-bond donors (Lipinski definition) is 1. The van der Waals surface area contributed by atoms with E-state index in [1.165, 1.54) is 0 Å². The summed E-state index contributed by atoms with van der Waals surface area (Å²) in [7, 11) is 0. The van der Waals surface area contributed by atoms with E-state index in [4.69, 9.17) is 22.8 Å². The molecular weight excluding hydrogens is 350 g/mol. The van der Waals surface area contributed by atoms with Gasteiger partial charge in [0, 0.05) is 16.6 Å². The second kappa shape index (κ2) is 7.40. The summed E-state index contributed by atoms with van der Waals surface area (Å²) < 4.78 is 6.54. The first-order valence-electron chi connectivity index (χ1n) is 6.45. The second-order valence-electron chi connectivity index (χ2n) is 4.58. The molecule has 0 aliphatic rings. The average molecular weight is 365 g/mol. The van der Waals surface area contributed by atoms with E-state index in [1.54, 1.807) is 0 Å². The van der Waals surface area contributed by atoms with Gasteiger partial charge in [0.2, 0.25) is 0 Å². The predicted molar refractivity (Wildman–Crippen MR) is 92.0 cm³/mol. The molecular formula is C17H15BrClNO. The van der Waals surface area contributed by atoms with Crippen LogP contribution >= 0.6 is 27.5 Å². The zero-order chi connectivity index (χ0) is 15.2. The van der Waals surface area contributed by atoms with Gasteiger partial charge in [-0.25, -0.2) is 0 Å². The van der Waals surface area contributed by atoms with Crippen molar-refractivity contribution in [3.8, 4) is 18.1 Å². The zero-order valence-electron chi connectivity index (χ0n) is 11.6. The molecule has 108 valence electrons. The molecule has 0 amide bonds. The van der Waals surface area contributed by atoms with Crippen molar-refractivity contribution in [1.29, 1.82) is 0 Å². The van der Waals surface area contributed by atoms with Gasteiger partial charge in [0.15, 0.2) is 0 Å². The van der Waals surface area contributed by atoms with Gasteiger partial charge in [-0.3, -0.25) is 0 Å². The van der Waals surface area contributed by atoms with Crippen LogP contribution in [0.25, 0.3) is 0 Å². The molecule has 0 unspecified atom stereocenters. The highest BCUT2D eigenvalue weighted by atomic mass is 79.9. The number of terminal acetylenes is 1. The van der Waals surface area contributed by atoms with E-state index >= 15 is 0 Å². The average Bonchev–Trinajstić information content (AvgIpc) is 2.47. The van der Waals surface area contributed by atoms with Crippen LogP contribution in [0, 0.1) is 19.3 Å². The number of benzene rings is 2. The minimum atomic E-state index is 0.250. The monoisotopic (exact) mass is 363 g/mol. The summed E-state index contributed by atoms with van der Waals surface area (Å²) in [6.07, 6.45) is 5.24. The Morgan fingerprint density at radius 3 is 2.86 bits per heavy atom. The summed E-state index contributed by atoms with van der Waals surface area (Å²) >= 11 is 9.65. The molecule has 1 N–H and O–H groups in total. The molecule has 0 radical (unpaired) electrons. The largest absolute Gasteiger partial charge is 0.481 e. The molecule has 4 heteroatoms. The van der Waals surface area contributed by atoms with Crippen molar-refractivity contribution in [2.45, 2.75) is 13.5 Å². The van der Waals surface area contributed by atoms with Crippen molar-refractivity contribution in [3.63, 3.8) is 0 Å². The highest BCUT2D eigenvalue weighted by Crippen LogP contribution is 2.27. The lowest BCUT2D eigenvalue weighted by Gasteiger charge is -2.13. The standard InChI is InChI=1S/C17H15BrClNO/c1-3-8-21-17-7-5-14(18)10-13(17)11-20-16-9-12(2)4-6-15(16)19/h1,4-7,9-10,20H,8,11H2,2H3. The molecule has 2 nitrogen and oxygen atoms in total. The molecule has 21 heavy (non-hydrogen) atoms. The van der Waals surface area contributed by atoms with Crippen LogP contribution in [0.1, 0.15) is 11.1 Å². The van der Waals surface area contributed by atoms with Crippen LogP contribution in [-0.4, -0.2) is 6.61 Å². The van der Waals surface area contributed by atoms with E-state index in [0.717, 1.165) is 27.0 Å². The quantitative estimate of drug-likeness (QED) is 0.751. The van der Waals surface area contributed by atoms with Gasteiger partial charge >= 0.3 is 0 Å². The van der Waals surface area contributed by atoms with E-state index in [0.29, 0.717) is 11.6 Å². The number of nitrogens with one attached hydrogen (secondary N) is 1. The number of aryl methyl sites for hydroxylation is 1. The summed E-state index contributed by atoms with van der Waals surface area (Å²) in [6, 6.07) is 11.7. The van der Waals surface area contributed by atoms with E-state index in [-0.39, 0.29) is 6.61 Å². The van der Waals surface area contributed by atoms with Crippen LogP contribution < -0.4 is 10.1 Å². The molecule has 2 aromatic rings. The molecule has 2 aromatic carbocycles. The van der Waals surface area contributed by atoms with Gasteiger partial charge in [-0.2, -0.15) is 0 Å². The minimum absolute atomic E-state index is 0.250. The molecule has 0 saturated heterocycles. The van der Waals surface area contributed by atoms with Gasteiger partial charge in [-0.1, -0.05) is 39.5 Å². The van der Waals surface area contributed by atoms with Crippen molar-refractivity contribution >= 4 is 33.2 Å².